The van der Waals surface area contributed by atoms with Crippen molar-refractivity contribution in [2.24, 2.45) is 0 Å². The Hall–Kier alpha value is -3.02. The second kappa shape index (κ2) is 8.82. The van der Waals surface area contributed by atoms with Crippen molar-refractivity contribution >= 4 is 26.6 Å². The third-order valence-corrected chi connectivity index (χ3v) is 8.71. The van der Waals surface area contributed by atoms with Crippen molar-refractivity contribution in [3.63, 3.8) is 0 Å². The topological polar surface area (TPSA) is 120 Å². The van der Waals surface area contributed by atoms with E-state index < -0.39 is 33.2 Å². The molecule has 2 fully saturated rings. The molecular weight excluding hydrogens is 489 g/mol. The maximum atomic E-state index is 13.4. The first-order valence-corrected chi connectivity index (χ1v) is 13.6. The quantitative estimate of drug-likeness (QED) is 0.516. The molecule has 1 atom stereocenters. The first-order valence-electron chi connectivity index (χ1n) is 11.7. The van der Waals surface area contributed by atoms with E-state index in [1.54, 1.807) is 54.1 Å². The van der Waals surface area contributed by atoms with Crippen LogP contribution in [0.1, 0.15) is 42.7 Å². The third-order valence-electron chi connectivity index (χ3n) is 6.56. The first kappa shape index (κ1) is 24.7. The van der Waals surface area contributed by atoms with Gasteiger partial charge in [-0.05, 0) is 37.3 Å². The van der Waals surface area contributed by atoms with Crippen LogP contribution in [0.3, 0.4) is 0 Å². The van der Waals surface area contributed by atoms with Crippen LogP contribution in [0.5, 0.6) is 5.75 Å². The number of aliphatic hydroxyl groups is 1. The number of benzene rings is 2. The van der Waals surface area contributed by atoms with Crippen molar-refractivity contribution in [1.82, 2.24) is 15.1 Å². The summed E-state index contributed by atoms with van der Waals surface area (Å²) in [5.74, 6) is -0.281. The van der Waals surface area contributed by atoms with Crippen LogP contribution in [-0.2, 0) is 20.2 Å². The van der Waals surface area contributed by atoms with Crippen molar-refractivity contribution in [3.8, 4) is 11.4 Å². The minimum absolute atomic E-state index is 0.104. The highest BCUT2D eigenvalue weighted by molar-refractivity contribution is 7.93. The van der Waals surface area contributed by atoms with Crippen LogP contribution in [0.2, 0.25) is 0 Å². The van der Waals surface area contributed by atoms with E-state index in [-0.39, 0.29) is 11.5 Å². The Morgan fingerprint density at radius 2 is 1.94 bits per heavy atom. The van der Waals surface area contributed by atoms with Gasteiger partial charge in [-0.1, -0.05) is 6.07 Å². The highest BCUT2D eigenvalue weighted by atomic mass is 32.2. The fraction of sp³-hybridized carbons (Fsp3) is 0.440. The van der Waals surface area contributed by atoms with Crippen LogP contribution in [-0.4, -0.2) is 65.8 Å². The molecule has 2 aliphatic rings. The molecule has 3 heterocycles. The number of amides is 1. The van der Waals surface area contributed by atoms with E-state index in [1.165, 1.54) is 6.92 Å². The molecule has 0 aliphatic carbocycles. The van der Waals surface area contributed by atoms with E-state index in [4.69, 9.17) is 14.6 Å². The predicted octanol–water partition coefficient (Wildman–Crippen LogP) is 2.63. The van der Waals surface area contributed by atoms with Crippen molar-refractivity contribution in [1.29, 1.82) is 0 Å². The number of fused-ring (bicyclic) bond motifs is 1. The summed E-state index contributed by atoms with van der Waals surface area (Å²) >= 11 is 0. The Morgan fingerprint density at radius 3 is 2.61 bits per heavy atom. The zero-order valence-electron chi connectivity index (χ0n) is 20.0. The Bertz CT molecular complexity index is 1420. The van der Waals surface area contributed by atoms with E-state index in [1.807, 2.05) is 0 Å². The first-order chi connectivity index (χ1) is 17.0. The van der Waals surface area contributed by atoms with E-state index in [9.17, 15) is 22.7 Å². The fourth-order valence-corrected chi connectivity index (χ4v) is 6.97. The zero-order chi connectivity index (χ0) is 25.7. The van der Waals surface area contributed by atoms with Gasteiger partial charge in [0.1, 0.15) is 17.0 Å². The van der Waals surface area contributed by atoms with Crippen LogP contribution in [0.4, 0.5) is 4.39 Å². The van der Waals surface area contributed by atoms with E-state index in [2.05, 4.69) is 5.32 Å². The number of halogens is 1. The van der Waals surface area contributed by atoms with Gasteiger partial charge in [-0.3, -0.25) is 4.79 Å². The molecule has 2 saturated heterocycles. The molecule has 1 aromatic heterocycles. The molecule has 2 aromatic carbocycles. The van der Waals surface area contributed by atoms with E-state index in [0.29, 0.717) is 59.7 Å². The molecule has 2 aliphatic heterocycles. The maximum absolute atomic E-state index is 13.4. The minimum atomic E-state index is -3.13. The summed E-state index contributed by atoms with van der Waals surface area (Å²) < 4.78 is 49.0. The van der Waals surface area contributed by atoms with Crippen LogP contribution in [0.15, 0.2) is 42.5 Å². The molecule has 1 amide bonds. The van der Waals surface area contributed by atoms with E-state index >= 15 is 0 Å². The molecule has 5 rings (SSSR count). The van der Waals surface area contributed by atoms with Crippen molar-refractivity contribution < 1.29 is 32.2 Å². The lowest BCUT2D eigenvalue weighted by Gasteiger charge is -2.38. The molecule has 9 nitrogen and oxygen atoms in total. The van der Waals surface area contributed by atoms with E-state index in [0.717, 1.165) is 0 Å². The van der Waals surface area contributed by atoms with Gasteiger partial charge in [0.15, 0.2) is 9.84 Å². The fourth-order valence-electron chi connectivity index (χ4n) is 4.97. The van der Waals surface area contributed by atoms with Crippen molar-refractivity contribution in [2.45, 2.75) is 44.2 Å². The number of aromatic nitrogens is 2. The molecule has 3 aromatic rings. The lowest BCUT2D eigenvalue weighted by molar-refractivity contribution is -0.0698. The Kier molecular flexibility index (Phi) is 6.05. The van der Waals surface area contributed by atoms with Crippen LogP contribution >= 0.6 is 0 Å². The van der Waals surface area contributed by atoms with Crippen molar-refractivity contribution in [2.75, 3.05) is 24.7 Å². The summed E-state index contributed by atoms with van der Waals surface area (Å²) in [6.45, 7) is 3.73. The third kappa shape index (κ3) is 4.70. The highest BCUT2D eigenvalue weighted by Gasteiger charge is 2.46. The van der Waals surface area contributed by atoms with Gasteiger partial charge in [0.25, 0.3) is 5.91 Å². The Morgan fingerprint density at radius 1 is 1.22 bits per heavy atom. The average Bonchev–Trinajstić information content (AvgIpc) is 3.17. The number of nitrogens with one attached hydrogen (secondary N) is 1. The second-order valence-electron chi connectivity index (χ2n) is 9.84. The Labute approximate surface area is 208 Å². The SMILES string of the molecule is CC(F)Oc1cccc(-n2nc(C3(O)CCOCC3)c3cc(C(=O)NC4(C)CS(=O)(=O)C4)ccc32)c1. The van der Waals surface area contributed by atoms with Gasteiger partial charge in [-0.15, -0.1) is 0 Å². The number of nitrogens with zero attached hydrogens (tertiary/aromatic N) is 2. The lowest BCUT2D eigenvalue weighted by atomic mass is 9.88. The molecule has 0 saturated carbocycles. The van der Waals surface area contributed by atoms with Gasteiger partial charge in [-0.25, -0.2) is 17.5 Å². The molecule has 0 radical (unpaired) electrons. The Balaban J connectivity index is 1.58. The average molecular weight is 518 g/mol. The molecule has 11 heteroatoms. The van der Waals surface area contributed by atoms with Gasteiger partial charge in [0.05, 0.1) is 28.2 Å². The number of hydrogen-bond donors (Lipinski definition) is 2. The van der Waals surface area contributed by atoms with Gasteiger partial charge >= 0.3 is 0 Å². The number of sulfone groups is 1. The highest BCUT2D eigenvalue weighted by Crippen LogP contribution is 2.37. The van der Waals surface area contributed by atoms with Gasteiger partial charge < -0.3 is 19.9 Å². The molecule has 2 N–H and O–H groups in total. The number of rotatable bonds is 6. The van der Waals surface area contributed by atoms with Gasteiger partial charge in [-0.2, -0.15) is 5.10 Å². The minimum Gasteiger partial charge on any atom is -0.461 e. The number of carbonyl (C=O) groups excluding carboxylic acids is 1. The van der Waals surface area contributed by atoms with Gasteiger partial charge in [0, 0.05) is 50.0 Å². The smallest absolute Gasteiger partial charge is 0.251 e. The molecule has 192 valence electrons. The number of alkyl halides is 1. The monoisotopic (exact) mass is 517 g/mol. The number of hydrogen-bond acceptors (Lipinski definition) is 7. The summed E-state index contributed by atoms with van der Waals surface area (Å²) in [4.78, 5) is 13.0. The molecule has 1 unspecified atom stereocenters. The number of carbonyl (C=O) groups is 1. The normalized spacial score (nSPS) is 20.9. The summed E-state index contributed by atoms with van der Waals surface area (Å²) in [7, 11) is -3.13. The summed E-state index contributed by atoms with van der Waals surface area (Å²) in [6.07, 6.45) is -0.802. The molecular formula is C25H28FN3O6S. The van der Waals surface area contributed by atoms with Crippen molar-refractivity contribution in [3.05, 3.63) is 53.7 Å². The predicted molar refractivity (Wildman–Crippen MR) is 131 cm³/mol. The molecule has 0 bridgehead atoms. The molecule has 0 spiro atoms. The van der Waals surface area contributed by atoms with Crippen LogP contribution in [0, 0.1) is 0 Å². The molecule has 36 heavy (non-hydrogen) atoms. The van der Waals surface area contributed by atoms with Crippen LogP contribution < -0.4 is 10.1 Å². The summed E-state index contributed by atoms with van der Waals surface area (Å²) in [5.41, 5.74) is -0.0864. The second-order valence-corrected chi connectivity index (χ2v) is 11.9. The number of ether oxygens (including phenoxy) is 2. The van der Waals surface area contributed by atoms with Gasteiger partial charge in [0.2, 0.25) is 6.36 Å². The standard InChI is InChI=1S/C25H28FN3O6S/c1-16(26)35-19-5-3-4-18(13-19)29-21-7-6-17(23(30)27-24(2)14-36(32,33)15-24)12-20(21)22(28-29)25(31)8-10-34-11-9-25/h3-7,12-13,16,31H,8-11,14-15H2,1-2H3,(H,27,30). The summed E-state index contributed by atoms with van der Waals surface area (Å²) in [6, 6.07) is 11.8. The van der Waals surface area contributed by atoms with Crippen LogP contribution in [0.25, 0.3) is 16.6 Å². The zero-order valence-corrected chi connectivity index (χ0v) is 20.8. The lowest BCUT2D eigenvalue weighted by Crippen LogP contribution is -2.63. The largest absolute Gasteiger partial charge is 0.461 e. The maximum Gasteiger partial charge on any atom is 0.251 e. The summed E-state index contributed by atoms with van der Waals surface area (Å²) in [5, 5.41) is 19.7.